The molecule has 0 radical (unpaired) electrons. The molecule has 33 heavy (non-hydrogen) atoms. The van der Waals surface area contributed by atoms with Crippen molar-refractivity contribution in [3.05, 3.63) is 118 Å². The maximum absolute atomic E-state index is 13.3. The number of aromatic amines is 1. The molecule has 1 aromatic heterocycles. The Kier molecular flexibility index (Phi) is 5.08. The Balaban J connectivity index is 1.65. The van der Waals surface area contributed by atoms with E-state index in [4.69, 9.17) is 0 Å². The average molecular weight is 435 g/mol. The maximum atomic E-state index is 13.3. The van der Waals surface area contributed by atoms with E-state index in [1.165, 1.54) is 28.9 Å². The lowest BCUT2D eigenvalue weighted by molar-refractivity contribution is -0.384. The van der Waals surface area contributed by atoms with Gasteiger partial charge in [-0.3, -0.25) is 20.0 Å². The first-order chi connectivity index (χ1) is 16.1. The molecule has 160 valence electrons. The molecule has 0 aliphatic heterocycles. The molecule has 0 unspecified atom stereocenters. The van der Waals surface area contributed by atoms with E-state index in [9.17, 15) is 14.9 Å². The number of non-ortho nitro benzene ring substituents is 1. The highest BCUT2D eigenvalue weighted by molar-refractivity contribution is 5.92. The number of rotatable bonds is 5. The molecule has 0 aliphatic carbocycles. The molecule has 5 rings (SSSR count). The van der Waals surface area contributed by atoms with Gasteiger partial charge in [0.1, 0.15) is 0 Å². The summed E-state index contributed by atoms with van der Waals surface area (Å²) in [7, 11) is 0. The fourth-order valence-electron chi connectivity index (χ4n) is 3.63. The minimum atomic E-state index is -0.486. The van der Waals surface area contributed by atoms with Crippen molar-refractivity contribution in [1.82, 2.24) is 9.78 Å². The van der Waals surface area contributed by atoms with Crippen molar-refractivity contribution in [2.75, 3.05) is 0 Å². The molecule has 0 atom stereocenters. The van der Waals surface area contributed by atoms with Crippen LogP contribution in [0.1, 0.15) is 0 Å². The van der Waals surface area contributed by atoms with Gasteiger partial charge in [0.15, 0.2) is 5.69 Å². The van der Waals surface area contributed by atoms with Crippen molar-refractivity contribution >= 4 is 27.8 Å². The zero-order chi connectivity index (χ0) is 22.8. The van der Waals surface area contributed by atoms with Crippen LogP contribution in [0, 0.1) is 10.1 Å². The molecule has 0 bridgehead atoms. The van der Waals surface area contributed by atoms with E-state index in [1.807, 2.05) is 72.8 Å². The van der Waals surface area contributed by atoms with E-state index in [2.05, 4.69) is 15.3 Å². The number of hydrogen-bond donors (Lipinski definition) is 1. The van der Waals surface area contributed by atoms with Crippen LogP contribution in [0.4, 0.5) is 17.1 Å². The minimum absolute atomic E-state index is 0.0579. The normalized spacial score (nSPS) is 11.3. The topological polar surface area (TPSA) is 106 Å². The second kappa shape index (κ2) is 8.35. The molecule has 8 nitrogen and oxygen atoms in total. The minimum Gasteiger partial charge on any atom is -0.288 e. The molecule has 0 saturated carbocycles. The Morgan fingerprint density at radius 2 is 1.48 bits per heavy atom. The van der Waals surface area contributed by atoms with Crippen LogP contribution in [-0.2, 0) is 0 Å². The van der Waals surface area contributed by atoms with E-state index in [0.29, 0.717) is 17.1 Å². The third-order valence-electron chi connectivity index (χ3n) is 5.27. The van der Waals surface area contributed by atoms with Crippen molar-refractivity contribution in [3.8, 4) is 16.9 Å². The van der Waals surface area contributed by atoms with Crippen LogP contribution in [0.15, 0.2) is 112 Å². The highest BCUT2D eigenvalue weighted by Gasteiger charge is 2.17. The number of nitro benzene ring substituents is 1. The Hall–Kier alpha value is -4.85. The van der Waals surface area contributed by atoms with Crippen LogP contribution >= 0.6 is 0 Å². The molecule has 4 aromatic carbocycles. The van der Waals surface area contributed by atoms with Gasteiger partial charge in [-0.25, -0.2) is 4.68 Å². The van der Waals surface area contributed by atoms with E-state index < -0.39 is 10.5 Å². The SMILES string of the molecule is O=c1c(N=Nc2cccc3ccccc23)c(-c2ccccc2)[nH]n1-c1ccc([N+](=O)[O-])cc1. The van der Waals surface area contributed by atoms with Crippen LogP contribution in [0.5, 0.6) is 0 Å². The predicted molar refractivity (Wildman–Crippen MR) is 127 cm³/mol. The molecule has 8 heteroatoms. The fraction of sp³-hybridized carbons (Fsp3) is 0. The van der Waals surface area contributed by atoms with Gasteiger partial charge >= 0.3 is 0 Å². The van der Waals surface area contributed by atoms with Crippen LogP contribution in [0.3, 0.4) is 0 Å². The summed E-state index contributed by atoms with van der Waals surface area (Å²) in [6.45, 7) is 0. The van der Waals surface area contributed by atoms with Gasteiger partial charge in [0.05, 0.1) is 22.0 Å². The van der Waals surface area contributed by atoms with Crippen LogP contribution in [-0.4, -0.2) is 14.7 Å². The third-order valence-corrected chi connectivity index (χ3v) is 5.27. The summed E-state index contributed by atoms with van der Waals surface area (Å²) in [5.41, 5.74) is 2.05. The maximum Gasteiger partial charge on any atom is 0.299 e. The molecule has 1 N–H and O–H groups in total. The van der Waals surface area contributed by atoms with Crippen LogP contribution in [0.25, 0.3) is 27.7 Å². The molecular formula is C25H17N5O3. The van der Waals surface area contributed by atoms with E-state index >= 15 is 0 Å². The second-order valence-electron chi connectivity index (χ2n) is 7.31. The number of fused-ring (bicyclic) bond motifs is 1. The number of azo groups is 1. The summed E-state index contributed by atoms with van der Waals surface area (Å²) in [5.74, 6) is 0. The van der Waals surface area contributed by atoms with Gasteiger partial charge in [0, 0.05) is 23.1 Å². The highest BCUT2D eigenvalue weighted by atomic mass is 16.6. The fourth-order valence-corrected chi connectivity index (χ4v) is 3.63. The summed E-state index contributed by atoms with van der Waals surface area (Å²) in [6.07, 6.45) is 0. The molecule has 0 saturated heterocycles. The highest BCUT2D eigenvalue weighted by Crippen LogP contribution is 2.31. The lowest BCUT2D eigenvalue weighted by atomic mass is 10.1. The number of hydrogen-bond acceptors (Lipinski definition) is 5. The van der Waals surface area contributed by atoms with Crippen LogP contribution in [0.2, 0.25) is 0 Å². The van der Waals surface area contributed by atoms with Gasteiger partial charge in [0.25, 0.3) is 11.2 Å². The zero-order valence-electron chi connectivity index (χ0n) is 17.3. The number of benzene rings is 4. The van der Waals surface area contributed by atoms with Crippen molar-refractivity contribution < 1.29 is 4.92 Å². The number of aromatic nitrogens is 2. The number of nitrogens with one attached hydrogen (secondary N) is 1. The van der Waals surface area contributed by atoms with Gasteiger partial charge in [-0.2, -0.15) is 0 Å². The van der Waals surface area contributed by atoms with Crippen LogP contribution < -0.4 is 5.56 Å². The summed E-state index contributed by atoms with van der Waals surface area (Å²) in [4.78, 5) is 23.8. The van der Waals surface area contributed by atoms with Crippen molar-refractivity contribution in [3.63, 3.8) is 0 Å². The lowest BCUT2D eigenvalue weighted by Gasteiger charge is -2.02. The summed E-state index contributed by atoms with van der Waals surface area (Å²) >= 11 is 0. The lowest BCUT2D eigenvalue weighted by Crippen LogP contribution is -2.13. The monoisotopic (exact) mass is 435 g/mol. The first-order valence-electron chi connectivity index (χ1n) is 10.2. The molecule has 0 spiro atoms. The molecule has 1 heterocycles. The Labute approximate surface area is 187 Å². The third kappa shape index (κ3) is 3.81. The molecule has 0 fully saturated rings. The molecular weight excluding hydrogens is 418 g/mol. The van der Waals surface area contributed by atoms with E-state index in [0.717, 1.165) is 16.3 Å². The molecule has 0 aliphatic rings. The Morgan fingerprint density at radius 3 is 2.24 bits per heavy atom. The van der Waals surface area contributed by atoms with Gasteiger partial charge < -0.3 is 0 Å². The molecule has 0 amide bonds. The Morgan fingerprint density at radius 1 is 0.788 bits per heavy atom. The summed E-state index contributed by atoms with van der Waals surface area (Å²) in [6, 6.07) is 28.6. The first kappa shape index (κ1) is 20.1. The zero-order valence-corrected chi connectivity index (χ0v) is 17.3. The summed E-state index contributed by atoms with van der Waals surface area (Å²) in [5, 5.41) is 24.8. The quantitative estimate of drug-likeness (QED) is 0.199. The standard InChI is InChI=1S/C25H17N5O3/c31-25-24(27-26-22-12-6-10-17-7-4-5-11-21(17)22)23(18-8-2-1-3-9-18)28-29(25)19-13-15-20(16-14-19)30(32)33/h1-16,28H. The second-order valence-corrected chi connectivity index (χ2v) is 7.31. The number of nitrogens with zero attached hydrogens (tertiary/aromatic N) is 4. The van der Waals surface area contributed by atoms with E-state index in [1.54, 1.807) is 0 Å². The molecule has 5 aromatic rings. The van der Waals surface area contributed by atoms with Gasteiger partial charge in [-0.15, -0.1) is 10.2 Å². The summed E-state index contributed by atoms with van der Waals surface area (Å²) < 4.78 is 1.31. The van der Waals surface area contributed by atoms with Gasteiger partial charge in [-0.1, -0.05) is 66.7 Å². The first-order valence-corrected chi connectivity index (χ1v) is 10.2. The Bertz CT molecular complexity index is 1550. The largest absolute Gasteiger partial charge is 0.299 e. The van der Waals surface area contributed by atoms with Gasteiger partial charge in [-0.05, 0) is 23.6 Å². The smallest absolute Gasteiger partial charge is 0.288 e. The number of H-pyrrole nitrogens is 1. The van der Waals surface area contributed by atoms with Gasteiger partial charge in [0.2, 0.25) is 0 Å². The average Bonchev–Trinajstić information content (AvgIpc) is 3.19. The predicted octanol–water partition coefficient (Wildman–Crippen LogP) is 6.31. The number of nitro groups is 1. The van der Waals surface area contributed by atoms with E-state index in [-0.39, 0.29) is 11.4 Å². The van der Waals surface area contributed by atoms with Crippen molar-refractivity contribution in [1.29, 1.82) is 0 Å². The van der Waals surface area contributed by atoms with Crippen molar-refractivity contribution in [2.24, 2.45) is 10.2 Å². The van der Waals surface area contributed by atoms with Crippen molar-refractivity contribution in [2.45, 2.75) is 0 Å².